The normalized spacial score (nSPS) is 10.2. The molecule has 35 heavy (non-hydrogen) atoms. The summed E-state index contributed by atoms with van der Waals surface area (Å²) >= 11 is 0. The third kappa shape index (κ3) is 5.06. The van der Waals surface area contributed by atoms with E-state index < -0.39 is 11.7 Å². The number of para-hydroxylation sites is 1. The summed E-state index contributed by atoms with van der Waals surface area (Å²) in [6, 6.07) is 11.7. The molecule has 0 saturated carbocycles. The zero-order valence-corrected chi connectivity index (χ0v) is 18.4. The Balaban J connectivity index is 1.72. The number of hydrogen-bond donors (Lipinski definition) is 3. The number of halogens is 1. The van der Waals surface area contributed by atoms with Gasteiger partial charge in [0, 0.05) is 13.1 Å². The van der Waals surface area contributed by atoms with Crippen LogP contribution in [0.4, 0.5) is 27.4 Å². The van der Waals surface area contributed by atoms with Gasteiger partial charge in [-0.1, -0.05) is 6.07 Å². The maximum Gasteiger partial charge on any atom is 0.273 e. The van der Waals surface area contributed by atoms with Crippen molar-refractivity contribution in [1.29, 1.82) is 5.26 Å². The number of amides is 1. The molecule has 3 N–H and O–H groups in total. The number of rotatable bonds is 7. The van der Waals surface area contributed by atoms with Crippen LogP contribution < -0.4 is 20.7 Å². The largest absolute Gasteiger partial charge is 0.494 e. The Morgan fingerprint density at radius 2 is 1.77 bits per heavy atom. The molecular weight excluding hydrogens is 455 g/mol. The topological polar surface area (TPSA) is 164 Å². The third-order valence-corrected chi connectivity index (χ3v) is 4.62. The van der Waals surface area contributed by atoms with Crippen LogP contribution in [0.5, 0.6) is 5.75 Å². The van der Waals surface area contributed by atoms with Crippen LogP contribution in [-0.2, 0) is 0 Å². The second kappa shape index (κ2) is 10.1. The molecule has 0 aliphatic heterocycles. The summed E-state index contributed by atoms with van der Waals surface area (Å²) in [5.41, 5.74) is 1.47. The molecule has 0 bridgehead atoms. The van der Waals surface area contributed by atoms with Gasteiger partial charge in [0.15, 0.2) is 40.4 Å². The number of benzene rings is 1. The summed E-state index contributed by atoms with van der Waals surface area (Å²) in [4.78, 5) is 20.5. The minimum absolute atomic E-state index is 0.0226. The molecule has 4 rings (SSSR count). The average molecular weight is 472 g/mol. The average Bonchev–Trinajstić information content (AvgIpc) is 2.89. The minimum atomic E-state index is -0.563. The van der Waals surface area contributed by atoms with Gasteiger partial charge in [-0.2, -0.15) is 5.26 Å². The number of hydrogen-bond acceptors (Lipinski definition) is 11. The number of ether oxygens (including phenoxy) is 1. The number of aromatic nitrogens is 6. The molecule has 174 valence electrons. The number of carbonyl (C=O) groups excluding carboxylic acids is 1. The van der Waals surface area contributed by atoms with E-state index in [9.17, 15) is 9.18 Å². The van der Waals surface area contributed by atoms with Gasteiger partial charge < -0.3 is 20.7 Å². The first-order valence-corrected chi connectivity index (χ1v) is 10.0. The van der Waals surface area contributed by atoms with Gasteiger partial charge in [0.2, 0.25) is 0 Å². The molecule has 3 heterocycles. The molecule has 0 radical (unpaired) electrons. The molecule has 0 unspecified atom stereocenters. The lowest BCUT2D eigenvalue weighted by atomic mass is 10.1. The van der Waals surface area contributed by atoms with E-state index in [4.69, 9.17) is 10.00 Å². The van der Waals surface area contributed by atoms with E-state index in [0.29, 0.717) is 28.5 Å². The zero-order chi connectivity index (χ0) is 24.8. The van der Waals surface area contributed by atoms with Crippen molar-refractivity contribution >= 4 is 28.9 Å². The fourth-order valence-electron chi connectivity index (χ4n) is 3.05. The molecule has 0 aliphatic carbocycles. The highest BCUT2D eigenvalue weighted by Gasteiger charge is 2.19. The first kappa shape index (κ1) is 22.9. The van der Waals surface area contributed by atoms with Crippen LogP contribution in [-0.4, -0.2) is 50.4 Å². The van der Waals surface area contributed by atoms with Crippen LogP contribution >= 0.6 is 0 Å². The predicted molar refractivity (Wildman–Crippen MR) is 123 cm³/mol. The van der Waals surface area contributed by atoms with Crippen LogP contribution in [0, 0.1) is 17.1 Å². The number of nitrogens with one attached hydrogen (secondary N) is 3. The second-order valence-corrected chi connectivity index (χ2v) is 6.85. The number of carbonyl (C=O) groups is 1. The molecule has 0 spiro atoms. The van der Waals surface area contributed by atoms with Crippen LogP contribution in [0.1, 0.15) is 16.2 Å². The lowest BCUT2D eigenvalue weighted by molar-refractivity contribution is 0.0958. The number of nitriles is 1. The summed E-state index contributed by atoms with van der Waals surface area (Å²) < 4.78 is 18.9. The van der Waals surface area contributed by atoms with Gasteiger partial charge in [0.05, 0.1) is 36.4 Å². The van der Waals surface area contributed by atoms with Crippen LogP contribution in [0.15, 0.2) is 48.8 Å². The summed E-state index contributed by atoms with van der Waals surface area (Å²) in [6.07, 6.45) is 2.12. The Kier molecular flexibility index (Phi) is 6.64. The zero-order valence-electron chi connectivity index (χ0n) is 18.4. The van der Waals surface area contributed by atoms with Gasteiger partial charge in [0.1, 0.15) is 6.07 Å². The van der Waals surface area contributed by atoms with E-state index in [1.807, 2.05) is 6.07 Å². The maximum atomic E-state index is 13.3. The van der Waals surface area contributed by atoms with Crippen molar-refractivity contribution < 1.29 is 13.9 Å². The first-order chi connectivity index (χ1) is 17.0. The fourth-order valence-corrected chi connectivity index (χ4v) is 3.05. The molecule has 12 nitrogen and oxygen atoms in total. The van der Waals surface area contributed by atoms with Gasteiger partial charge in [-0.3, -0.25) is 4.79 Å². The van der Waals surface area contributed by atoms with Crippen molar-refractivity contribution in [3.8, 4) is 23.2 Å². The van der Waals surface area contributed by atoms with E-state index in [-0.39, 0.29) is 23.0 Å². The van der Waals surface area contributed by atoms with Crippen LogP contribution in [0.25, 0.3) is 11.4 Å². The molecule has 0 saturated heterocycles. The van der Waals surface area contributed by atoms with Crippen molar-refractivity contribution in [2.24, 2.45) is 0 Å². The lowest BCUT2D eigenvalue weighted by Gasteiger charge is -2.16. The van der Waals surface area contributed by atoms with Crippen LogP contribution in [0.3, 0.4) is 0 Å². The fraction of sp³-hybridized carbons (Fsp3) is 0.0909. The van der Waals surface area contributed by atoms with Gasteiger partial charge in [-0.05, 0) is 24.3 Å². The Bertz CT molecular complexity index is 1410. The molecule has 1 amide bonds. The minimum Gasteiger partial charge on any atom is -0.494 e. The Hall–Kier alpha value is -5.25. The summed E-state index contributed by atoms with van der Waals surface area (Å²) in [6.45, 7) is 0. The van der Waals surface area contributed by atoms with E-state index in [0.717, 1.165) is 12.4 Å². The molecule has 4 aromatic rings. The molecule has 0 fully saturated rings. The van der Waals surface area contributed by atoms with E-state index in [1.54, 1.807) is 30.3 Å². The highest BCUT2D eigenvalue weighted by atomic mass is 19.1. The maximum absolute atomic E-state index is 13.3. The number of nitrogens with zero attached hydrogens (tertiary/aromatic N) is 7. The van der Waals surface area contributed by atoms with Gasteiger partial charge in [-0.25, -0.2) is 14.4 Å². The Labute approximate surface area is 198 Å². The second-order valence-electron chi connectivity index (χ2n) is 6.85. The van der Waals surface area contributed by atoms with Crippen LogP contribution in [0.2, 0.25) is 0 Å². The molecular formula is C22H17FN10O2. The van der Waals surface area contributed by atoms with Crippen molar-refractivity contribution in [1.82, 2.24) is 35.7 Å². The summed E-state index contributed by atoms with van der Waals surface area (Å²) in [5, 5.41) is 33.2. The quantitative estimate of drug-likeness (QED) is 0.362. The van der Waals surface area contributed by atoms with E-state index in [2.05, 4.69) is 46.3 Å². The predicted octanol–water partition coefficient (Wildman–Crippen LogP) is 2.59. The van der Waals surface area contributed by atoms with Crippen molar-refractivity contribution in [3.05, 3.63) is 66.0 Å². The van der Waals surface area contributed by atoms with Gasteiger partial charge in [-0.15, -0.1) is 20.4 Å². The highest BCUT2D eigenvalue weighted by Crippen LogP contribution is 2.37. The van der Waals surface area contributed by atoms with Gasteiger partial charge in [0.25, 0.3) is 5.91 Å². The monoisotopic (exact) mass is 472 g/mol. The Morgan fingerprint density at radius 3 is 2.43 bits per heavy atom. The van der Waals surface area contributed by atoms with E-state index in [1.165, 1.54) is 20.2 Å². The molecule has 0 atom stereocenters. The molecule has 0 aliphatic rings. The van der Waals surface area contributed by atoms with Crippen molar-refractivity contribution in [2.45, 2.75) is 0 Å². The molecule has 13 heteroatoms. The SMILES string of the molecule is CNC(=O)c1nnc(Nc2ccc(C#N)nn2)cc1Nc1cccc(-c2ncc(F)cn2)c1OC. The summed E-state index contributed by atoms with van der Waals surface area (Å²) in [7, 11) is 2.94. The van der Waals surface area contributed by atoms with Crippen molar-refractivity contribution in [3.63, 3.8) is 0 Å². The lowest BCUT2D eigenvalue weighted by Crippen LogP contribution is -2.21. The first-order valence-electron chi connectivity index (χ1n) is 10.0. The Morgan fingerprint density at radius 1 is 1.00 bits per heavy atom. The molecule has 1 aromatic carbocycles. The van der Waals surface area contributed by atoms with E-state index >= 15 is 0 Å². The third-order valence-electron chi connectivity index (χ3n) is 4.62. The molecule has 3 aromatic heterocycles. The smallest absolute Gasteiger partial charge is 0.273 e. The number of anilines is 4. The standard InChI is InChI=1S/C22H17FN10O2/c1-25-22(34)19-16(8-18(32-33-19)29-17-7-6-13(9-24)30-31-17)28-15-5-3-4-14(20(15)35-2)21-26-10-12(23)11-27-21/h3-8,10-11H,1-2H3,(H,25,34)(H2,28,29,31,32). The number of methoxy groups -OCH3 is 1. The summed E-state index contributed by atoms with van der Waals surface area (Å²) in [5.74, 6) is 0.175. The van der Waals surface area contributed by atoms with Crippen molar-refractivity contribution in [2.75, 3.05) is 24.8 Å². The highest BCUT2D eigenvalue weighted by molar-refractivity contribution is 5.99. The van der Waals surface area contributed by atoms with Gasteiger partial charge >= 0.3 is 0 Å².